The van der Waals surface area contributed by atoms with E-state index in [-0.39, 0.29) is 16.4 Å². The summed E-state index contributed by atoms with van der Waals surface area (Å²) in [5.41, 5.74) is -0.0997. The van der Waals surface area contributed by atoms with Gasteiger partial charge in [0, 0.05) is 29.5 Å². The summed E-state index contributed by atoms with van der Waals surface area (Å²) in [5.74, 6) is -1.21. The van der Waals surface area contributed by atoms with E-state index in [1.807, 2.05) is 0 Å². The molecular formula is C17H20ClFN2O2S. The van der Waals surface area contributed by atoms with E-state index in [1.165, 1.54) is 30.0 Å². The fourth-order valence-electron chi connectivity index (χ4n) is 2.95. The van der Waals surface area contributed by atoms with Crippen LogP contribution in [0.4, 0.5) is 4.39 Å². The molecule has 3 rings (SSSR count). The molecule has 24 heavy (non-hydrogen) atoms. The Hall–Kier alpha value is -1.11. The lowest BCUT2D eigenvalue weighted by atomic mass is 10.2. The average Bonchev–Trinajstić information content (AvgIpc) is 3.10. The Balaban J connectivity index is 1.82. The maximum atomic E-state index is 13.9. The largest absolute Gasteiger partial charge is 0.376 e. The Morgan fingerprint density at radius 1 is 1.54 bits per heavy atom. The predicted octanol–water partition coefficient (Wildman–Crippen LogP) is 3.98. The van der Waals surface area contributed by atoms with E-state index in [9.17, 15) is 9.18 Å². The molecule has 2 aliphatic rings. The van der Waals surface area contributed by atoms with Crippen LogP contribution in [0.2, 0.25) is 5.02 Å². The van der Waals surface area contributed by atoms with Gasteiger partial charge in [0.15, 0.2) is 5.17 Å². The van der Waals surface area contributed by atoms with E-state index in [0.29, 0.717) is 16.7 Å². The first-order chi connectivity index (χ1) is 11.3. The third-order valence-electron chi connectivity index (χ3n) is 4.01. The monoisotopic (exact) mass is 370 g/mol. The van der Waals surface area contributed by atoms with Crippen LogP contribution >= 0.6 is 23.4 Å². The molecule has 0 N–H and O–H groups in total. The predicted molar refractivity (Wildman–Crippen MR) is 95.4 cm³/mol. The molecule has 0 bridgehead atoms. The first-order valence-corrected chi connectivity index (χ1v) is 9.17. The molecular weight excluding hydrogens is 351 g/mol. The van der Waals surface area contributed by atoms with Crippen molar-refractivity contribution in [2.75, 3.05) is 19.7 Å². The third kappa shape index (κ3) is 4.10. The minimum atomic E-state index is -0.610. The SMILES string of the molecule is CC1(C)CN(CC2CCCO2)/C(=N/C(=O)c2cc(Cl)ccc2F)S1. The van der Waals surface area contributed by atoms with E-state index in [0.717, 1.165) is 26.0 Å². The number of benzene rings is 1. The number of hydrogen-bond acceptors (Lipinski definition) is 3. The molecule has 1 aromatic rings. The molecule has 1 amide bonds. The molecule has 2 heterocycles. The molecule has 0 aliphatic carbocycles. The number of thioether (sulfide) groups is 1. The first kappa shape index (κ1) is 17.7. The summed E-state index contributed by atoms with van der Waals surface area (Å²) in [6, 6.07) is 3.92. The fraction of sp³-hybridized carbons (Fsp3) is 0.529. The Bertz CT molecular complexity index is 675. The van der Waals surface area contributed by atoms with Crippen LogP contribution in [0.3, 0.4) is 0 Å². The Labute approximate surface area is 150 Å². The Morgan fingerprint density at radius 2 is 2.33 bits per heavy atom. The number of rotatable bonds is 3. The van der Waals surface area contributed by atoms with E-state index in [4.69, 9.17) is 16.3 Å². The van der Waals surface area contributed by atoms with Crippen LogP contribution in [-0.4, -0.2) is 46.5 Å². The van der Waals surface area contributed by atoms with Gasteiger partial charge in [0.25, 0.3) is 5.91 Å². The summed E-state index contributed by atoms with van der Waals surface area (Å²) in [5, 5.41) is 0.940. The number of nitrogens with zero attached hydrogens (tertiary/aromatic N) is 2. The van der Waals surface area contributed by atoms with Crippen LogP contribution < -0.4 is 0 Å². The highest BCUT2D eigenvalue weighted by atomic mass is 35.5. The summed E-state index contributed by atoms with van der Waals surface area (Å²) >= 11 is 7.40. The molecule has 0 radical (unpaired) electrons. The lowest BCUT2D eigenvalue weighted by molar-refractivity contribution is 0.0908. The van der Waals surface area contributed by atoms with E-state index < -0.39 is 11.7 Å². The van der Waals surface area contributed by atoms with Crippen molar-refractivity contribution in [3.63, 3.8) is 0 Å². The number of hydrogen-bond donors (Lipinski definition) is 0. The van der Waals surface area contributed by atoms with Gasteiger partial charge in [0.1, 0.15) is 5.82 Å². The van der Waals surface area contributed by atoms with Crippen molar-refractivity contribution in [3.05, 3.63) is 34.6 Å². The minimum absolute atomic E-state index is 0.0510. The molecule has 1 aromatic carbocycles. The van der Waals surface area contributed by atoms with Crippen molar-refractivity contribution in [2.24, 2.45) is 4.99 Å². The molecule has 2 fully saturated rings. The third-order valence-corrected chi connectivity index (χ3v) is 5.46. The fourth-order valence-corrected chi connectivity index (χ4v) is 4.23. The van der Waals surface area contributed by atoms with E-state index in [2.05, 4.69) is 23.7 Å². The second-order valence-electron chi connectivity index (χ2n) is 6.70. The van der Waals surface area contributed by atoms with Crippen LogP contribution in [0.5, 0.6) is 0 Å². The zero-order valence-electron chi connectivity index (χ0n) is 13.7. The van der Waals surface area contributed by atoms with Crippen LogP contribution in [0, 0.1) is 5.82 Å². The van der Waals surface area contributed by atoms with Crippen molar-refractivity contribution < 1.29 is 13.9 Å². The molecule has 1 unspecified atom stereocenters. The van der Waals surface area contributed by atoms with E-state index >= 15 is 0 Å². The minimum Gasteiger partial charge on any atom is -0.376 e. The number of carbonyl (C=O) groups excluding carboxylic acids is 1. The number of ether oxygens (including phenoxy) is 1. The maximum absolute atomic E-state index is 13.9. The normalized spacial score (nSPS) is 24.8. The number of carbonyl (C=O) groups is 1. The van der Waals surface area contributed by atoms with Crippen molar-refractivity contribution in [2.45, 2.75) is 37.5 Å². The topological polar surface area (TPSA) is 41.9 Å². The lowest BCUT2D eigenvalue weighted by Crippen LogP contribution is -2.35. The Kier molecular flexibility index (Phi) is 5.18. The highest BCUT2D eigenvalue weighted by Gasteiger charge is 2.37. The second kappa shape index (κ2) is 7.02. The lowest BCUT2D eigenvalue weighted by Gasteiger charge is -2.22. The van der Waals surface area contributed by atoms with Gasteiger partial charge in [0.2, 0.25) is 0 Å². The first-order valence-electron chi connectivity index (χ1n) is 7.98. The molecule has 7 heteroatoms. The molecule has 0 saturated carbocycles. The van der Waals surface area contributed by atoms with Crippen molar-refractivity contribution in [1.29, 1.82) is 0 Å². The summed E-state index contributed by atoms with van der Waals surface area (Å²) < 4.78 is 19.5. The van der Waals surface area contributed by atoms with Gasteiger partial charge < -0.3 is 9.64 Å². The molecule has 0 spiro atoms. The van der Waals surface area contributed by atoms with Gasteiger partial charge in [0.05, 0.1) is 11.7 Å². The van der Waals surface area contributed by atoms with Gasteiger partial charge in [-0.25, -0.2) is 4.39 Å². The van der Waals surface area contributed by atoms with Gasteiger partial charge in [-0.15, -0.1) is 0 Å². The molecule has 0 aromatic heterocycles. The van der Waals surface area contributed by atoms with Gasteiger partial charge in [-0.3, -0.25) is 4.79 Å². The highest BCUT2D eigenvalue weighted by Crippen LogP contribution is 2.36. The van der Waals surface area contributed by atoms with Crippen molar-refractivity contribution in [1.82, 2.24) is 4.90 Å². The summed E-state index contributed by atoms with van der Waals surface area (Å²) in [6.07, 6.45) is 2.25. The summed E-state index contributed by atoms with van der Waals surface area (Å²) in [6.45, 7) is 6.48. The van der Waals surface area contributed by atoms with Gasteiger partial charge in [-0.2, -0.15) is 4.99 Å². The smallest absolute Gasteiger partial charge is 0.282 e. The number of halogens is 2. The Morgan fingerprint density at radius 3 is 3.04 bits per heavy atom. The maximum Gasteiger partial charge on any atom is 0.282 e. The second-order valence-corrected chi connectivity index (χ2v) is 8.81. The van der Waals surface area contributed by atoms with Gasteiger partial charge in [-0.05, 0) is 44.9 Å². The standard InChI is InChI=1S/C17H20ClFN2O2S/c1-17(2)10-21(9-12-4-3-7-23-12)16(24-17)20-15(22)13-8-11(18)5-6-14(13)19/h5-6,8,12H,3-4,7,9-10H2,1-2H3/b20-16-. The quantitative estimate of drug-likeness (QED) is 0.807. The number of amidine groups is 1. The van der Waals surface area contributed by atoms with Crippen LogP contribution in [0.25, 0.3) is 0 Å². The van der Waals surface area contributed by atoms with Crippen molar-refractivity contribution >= 4 is 34.4 Å². The summed E-state index contributed by atoms with van der Waals surface area (Å²) in [4.78, 5) is 18.7. The summed E-state index contributed by atoms with van der Waals surface area (Å²) in [7, 11) is 0. The molecule has 130 valence electrons. The van der Waals surface area contributed by atoms with Crippen LogP contribution in [0.15, 0.2) is 23.2 Å². The number of amides is 1. The van der Waals surface area contributed by atoms with Crippen molar-refractivity contribution in [3.8, 4) is 0 Å². The number of aliphatic imine (C=N–C) groups is 1. The molecule has 2 saturated heterocycles. The zero-order chi connectivity index (χ0) is 17.3. The molecule has 4 nitrogen and oxygen atoms in total. The molecule has 2 aliphatic heterocycles. The van der Waals surface area contributed by atoms with Gasteiger partial charge in [-0.1, -0.05) is 23.4 Å². The van der Waals surface area contributed by atoms with Crippen LogP contribution in [0.1, 0.15) is 37.0 Å². The van der Waals surface area contributed by atoms with Gasteiger partial charge >= 0.3 is 0 Å². The molecule has 1 atom stereocenters. The van der Waals surface area contributed by atoms with Crippen LogP contribution in [-0.2, 0) is 4.74 Å². The highest BCUT2D eigenvalue weighted by molar-refractivity contribution is 8.15. The zero-order valence-corrected chi connectivity index (χ0v) is 15.3. The average molecular weight is 371 g/mol. The van der Waals surface area contributed by atoms with E-state index in [1.54, 1.807) is 0 Å².